The number of ether oxygens (including phenoxy) is 1. The van der Waals surface area contributed by atoms with Crippen molar-refractivity contribution in [3.8, 4) is 5.75 Å². The minimum atomic E-state index is -0.387. The molecule has 0 aromatic heterocycles. The number of hydrogen-bond donors (Lipinski definition) is 2. The molecule has 5 nitrogen and oxygen atoms in total. The molecule has 0 aliphatic rings. The average Bonchev–Trinajstić information content (AvgIpc) is 2.49. The van der Waals surface area contributed by atoms with Gasteiger partial charge in [-0.25, -0.2) is 4.79 Å². The Morgan fingerprint density at radius 1 is 1.23 bits per heavy atom. The van der Waals surface area contributed by atoms with Crippen molar-refractivity contribution in [1.29, 1.82) is 0 Å². The molecule has 2 rings (SSSR count). The molecule has 0 heterocycles. The Bertz CT molecular complexity index is 717. The van der Waals surface area contributed by atoms with Gasteiger partial charge in [-0.1, -0.05) is 12.1 Å². The van der Waals surface area contributed by atoms with Crippen LogP contribution in [0.1, 0.15) is 15.9 Å². The average molecular weight is 425 g/mol. The lowest BCUT2D eigenvalue weighted by molar-refractivity contribution is 0.0733. The summed E-state index contributed by atoms with van der Waals surface area (Å²) in [6.45, 7) is 0. The highest BCUT2D eigenvalue weighted by Crippen LogP contribution is 2.16. The largest absolute Gasteiger partial charge is 0.423 e. The van der Waals surface area contributed by atoms with E-state index in [1.165, 1.54) is 0 Å². The zero-order valence-corrected chi connectivity index (χ0v) is 14.3. The van der Waals surface area contributed by atoms with Crippen LogP contribution in [-0.2, 0) is 0 Å². The Labute approximate surface area is 146 Å². The van der Waals surface area contributed by atoms with Crippen LogP contribution in [0, 0.1) is 3.57 Å². The second-order valence-corrected chi connectivity index (χ2v) is 5.77. The molecule has 0 radical (unpaired) electrons. The van der Waals surface area contributed by atoms with E-state index >= 15 is 0 Å². The number of benzene rings is 2. The standard InChI is InChI=1S/C15H12IN3O2S/c16-13-4-2-1-3-12(13)14(20)21-11-7-5-10(6-8-11)9-18-19-15(17)22/h1-9H,(H3,17,19,22)/b18-9-. The van der Waals surface area contributed by atoms with Crippen molar-refractivity contribution < 1.29 is 9.53 Å². The summed E-state index contributed by atoms with van der Waals surface area (Å²) >= 11 is 6.73. The molecule has 0 aliphatic heterocycles. The maximum absolute atomic E-state index is 12.1. The van der Waals surface area contributed by atoms with Gasteiger partial charge >= 0.3 is 5.97 Å². The van der Waals surface area contributed by atoms with Gasteiger partial charge in [0, 0.05) is 3.57 Å². The van der Waals surface area contributed by atoms with Crippen LogP contribution in [0.4, 0.5) is 0 Å². The zero-order chi connectivity index (χ0) is 15.9. The van der Waals surface area contributed by atoms with Crippen LogP contribution < -0.4 is 15.9 Å². The Hall–Kier alpha value is -2.00. The summed E-state index contributed by atoms with van der Waals surface area (Å²) < 4.78 is 6.18. The lowest BCUT2D eigenvalue weighted by Crippen LogP contribution is -2.23. The van der Waals surface area contributed by atoms with Crippen LogP contribution in [0.25, 0.3) is 0 Å². The molecule has 22 heavy (non-hydrogen) atoms. The number of carbonyl (C=O) groups excluding carboxylic acids is 1. The molecule has 0 saturated heterocycles. The normalized spacial score (nSPS) is 10.4. The molecule has 0 saturated carbocycles. The predicted octanol–water partition coefficient (Wildman–Crippen LogP) is 2.68. The summed E-state index contributed by atoms with van der Waals surface area (Å²) in [4.78, 5) is 12.1. The lowest BCUT2D eigenvalue weighted by Gasteiger charge is -2.06. The number of nitrogens with two attached hydrogens (primary N) is 1. The molecule has 0 fully saturated rings. The highest BCUT2D eigenvalue weighted by Gasteiger charge is 2.11. The van der Waals surface area contributed by atoms with Crippen molar-refractivity contribution in [2.45, 2.75) is 0 Å². The van der Waals surface area contributed by atoms with Crippen LogP contribution in [0.15, 0.2) is 53.6 Å². The number of nitrogens with zero attached hydrogens (tertiary/aromatic N) is 1. The van der Waals surface area contributed by atoms with Crippen molar-refractivity contribution in [2.24, 2.45) is 10.8 Å². The molecule has 2 aromatic carbocycles. The van der Waals surface area contributed by atoms with Crippen LogP contribution >= 0.6 is 34.8 Å². The van der Waals surface area contributed by atoms with Crippen molar-refractivity contribution in [3.63, 3.8) is 0 Å². The fourth-order valence-corrected chi connectivity index (χ4v) is 2.24. The zero-order valence-electron chi connectivity index (χ0n) is 11.3. The molecule has 7 heteroatoms. The van der Waals surface area contributed by atoms with E-state index in [0.717, 1.165) is 9.13 Å². The second-order valence-electron chi connectivity index (χ2n) is 4.17. The molecule has 2 aromatic rings. The number of nitrogens with one attached hydrogen (secondary N) is 1. The van der Waals surface area contributed by atoms with E-state index < -0.39 is 0 Å². The fourth-order valence-electron chi connectivity index (χ4n) is 1.58. The van der Waals surface area contributed by atoms with E-state index in [1.54, 1.807) is 42.6 Å². The van der Waals surface area contributed by atoms with Gasteiger partial charge in [-0.3, -0.25) is 5.43 Å². The van der Waals surface area contributed by atoms with Gasteiger partial charge in [0.05, 0.1) is 11.8 Å². The van der Waals surface area contributed by atoms with E-state index in [0.29, 0.717) is 11.3 Å². The lowest BCUT2D eigenvalue weighted by atomic mass is 10.2. The third-order valence-electron chi connectivity index (χ3n) is 2.57. The number of carbonyl (C=O) groups is 1. The van der Waals surface area contributed by atoms with Gasteiger partial charge in [0.25, 0.3) is 0 Å². The molecule has 3 N–H and O–H groups in total. The third kappa shape index (κ3) is 4.78. The summed E-state index contributed by atoms with van der Waals surface area (Å²) in [6, 6.07) is 14.2. The first-order chi connectivity index (χ1) is 10.6. The first-order valence-corrected chi connectivity index (χ1v) is 7.70. The number of hydrazone groups is 1. The Morgan fingerprint density at radius 3 is 2.55 bits per heavy atom. The Kier molecular flexibility index (Phi) is 5.84. The van der Waals surface area contributed by atoms with Crippen molar-refractivity contribution in [2.75, 3.05) is 0 Å². The number of halogens is 1. The summed E-state index contributed by atoms with van der Waals surface area (Å²) in [5.74, 6) is 0.0747. The maximum Gasteiger partial charge on any atom is 0.344 e. The van der Waals surface area contributed by atoms with Gasteiger partial charge < -0.3 is 10.5 Å². The van der Waals surface area contributed by atoms with Crippen molar-refractivity contribution in [3.05, 3.63) is 63.2 Å². The third-order valence-corrected chi connectivity index (χ3v) is 3.60. The van der Waals surface area contributed by atoms with Crippen molar-refractivity contribution in [1.82, 2.24) is 5.43 Å². The molecule has 0 bridgehead atoms. The molecule has 0 unspecified atom stereocenters. The molecule has 0 spiro atoms. The Balaban J connectivity index is 2.02. The SMILES string of the molecule is NC(=S)N/N=C\c1ccc(OC(=O)c2ccccc2I)cc1. The minimum Gasteiger partial charge on any atom is -0.423 e. The van der Waals surface area contributed by atoms with Gasteiger partial charge in [0.2, 0.25) is 0 Å². The number of thiocarbonyl (C=S) groups is 1. The molecular formula is C15H12IN3O2S. The van der Waals surface area contributed by atoms with Crippen LogP contribution in [0.2, 0.25) is 0 Å². The quantitative estimate of drug-likeness (QED) is 0.197. The predicted molar refractivity (Wildman–Crippen MR) is 98.1 cm³/mol. The maximum atomic E-state index is 12.1. The second kappa shape index (κ2) is 7.85. The minimum absolute atomic E-state index is 0.0965. The number of esters is 1. The van der Waals surface area contributed by atoms with Crippen LogP contribution in [0.5, 0.6) is 5.75 Å². The highest BCUT2D eigenvalue weighted by molar-refractivity contribution is 14.1. The van der Waals surface area contributed by atoms with E-state index in [1.807, 2.05) is 12.1 Å². The molecule has 0 atom stereocenters. The first kappa shape index (κ1) is 16.4. The van der Waals surface area contributed by atoms with Gasteiger partial charge in [-0.05, 0) is 76.8 Å². The van der Waals surface area contributed by atoms with E-state index in [4.69, 9.17) is 10.5 Å². The molecule has 0 amide bonds. The van der Waals surface area contributed by atoms with Crippen LogP contribution in [-0.4, -0.2) is 17.3 Å². The molecule has 0 aliphatic carbocycles. The molecule has 112 valence electrons. The van der Waals surface area contributed by atoms with E-state index in [9.17, 15) is 4.79 Å². The van der Waals surface area contributed by atoms with Gasteiger partial charge in [-0.15, -0.1) is 0 Å². The number of rotatable bonds is 4. The summed E-state index contributed by atoms with van der Waals surface area (Å²) in [6.07, 6.45) is 1.56. The monoisotopic (exact) mass is 425 g/mol. The first-order valence-electron chi connectivity index (χ1n) is 6.21. The molecular weight excluding hydrogens is 413 g/mol. The number of hydrogen-bond acceptors (Lipinski definition) is 4. The smallest absolute Gasteiger partial charge is 0.344 e. The highest BCUT2D eigenvalue weighted by atomic mass is 127. The summed E-state index contributed by atoms with van der Waals surface area (Å²) in [5, 5.41) is 3.94. The van der Waals surface area contributed by atoms with E-state index in [-0.39, 0.29) is 11.1 Å². The summed E-state index contributed by atoms with van der Waals surface area (Å²) in [5.41, 5.74) is 9.07. The topological polar surface area (TPSA) is 76.7 Å². The van der Waals surface area contributed by atoms with Crippen LogP contribution in [0.3, 0.4) is 0 Å². The summed E-state index contributed by atoms with van der Waals surface area (Å²) in [7, 11) is 0. The van der Waals surface area contributed by atoms with Crippen molar-refractivity contribution >= 4 is 52.1 Å². The van der Waals surface area contributed by atoms with Gasteiger partial charge in [0.15, 0.2) is 5.11 Å². The fraction of sp³-hybridized carbons (Fsp3) is 0. The Morgan fingerprint density at radius 2 is 1.91 bits per heavy atom. The van der Waals surface area contributed by atoms with E-state index in [2.05, 4.69) is 45.3 Å². The van der Waals surface area contributed by atoms with Gasteiger partial charge in [-0.2, -0.15) is 5.10 Å². The van der Waals surface area contributed by atoms with Gasteiger partial charge in [0.1, 0.15) is 5.75 Å².